The first kappa shape index (κ1) is 35.1. The molecule has 10 heteroatoms. The van der Waals surface area contributed by atoms with Crippen molar-refractivity contribution in [3.05, 3.63) is 0 Å². The molecule has 0 aromatic carbocycles. The van der Waals surface area contributed by atoms with Gasteiger partial charge in [-0.15, -0.1) is 0 Å². The summed E-state index contributed by atoms with van der Waals surface area (Å²) >= 11 is 0. The van der Waals surface area contributed by atoms with Crippen LogP contribution < -0.4 is 0 Å². The Labute approximate surface area is 170 Å². The Morgan fingerprint density at radius 2 is 0.536 bits per heavy atom. The number of hydrogen-bond acceptors (Lipinski definition) is 10. The third kappa shape index (κ3) is 50.0. The third-order valence-electron chi connectivity index (χ3n) is 2.50. The summed E-state index contributed by atoms with van der Waals surface area (Å²) in [4.78, 5) is 3.58. The smallest absolute Gasteiger partial charge is 0.0558 e. The highest BCUT2D eigenvalue weighted by molar-refractivity contribution is 4.54. The van der Waals surface area contributed by atoms with Crippen LogP contribution in [-0.4, -0.2) is 142 Å². The molecular formula is C18H46N2O8. The molecule has 0 spiro atoms. The summed E-state index contributed by atoms with van der Waals surface area (Å²) < 4.78 is 0. The highest BCUT2D eigenvalue weighted by Gasteiger charge is 2.01. The van der Waals surface area contributed by atoms with Crippen molar-refractivity contribution in [2.75, 3.05) is 78.9 Å². The SMILES string of the molecule is CC(C)O.CC(C)O.OCCN(CCO)CCO.OCCN(CCO)CCO. The van der Waals surface area contributed by atoms with Gasteiger partial charge in [-0.1, -0.05) is 0 Å². The Morgan fingerprint density at radius 3 is 0.607 bits per heavy atom. The van der Waals surface area contributed by atoms with Crippen molar-refractivity contribution in [3.63, 3.8) is 0 Å². The lowest BCUT2D eigenvalue weighted by Gasteiger charge is -2.17. The maximum Gasteiger partial charge on any atom is 0.0558 e. The molecule has 28 heavy (non-hydrogen) atoms. The molecule has 176 valence electrons. The summed E-state index contributed by atoms with van der Waals surface area (Å²) in [5.41, 5.74) is 0. The monoisotopic (exact) mass is 418 g/mol. The number of aliphatic hydroxyl groups excluding tert-OH is 8. The highest BCUT2D eigenvalue weighted by atomic mass is 16.3. The van der Waals surface area contributed by atoms with Gasteiger partial charge in [-0.25, -0.2) is 0 Å². The third-order valence-corrected chi connectivity index (χ3v) is 2.50. The molecule has 0 atom stereocenters. The van der Waals surface area contributed by atoms with E-state index in [1.807, 2.05) is 0 Å². The summed E-state index contributed by atoms with van der Waals surface area (Å²) in [7, 11) is 0. The summed E-state index contributed by atoms with van der Waals surface area (Å²) in [6.45, 7) is 10.4. The Hall–Kier alpha value is -0.400. The van der Waals surface area contributed by atoms with Crippen LogP contribution in [0.3, 0.4) is 0 Å². The molecule has 0 bridgehead atoms. The Bertz CT molecular complexity index is 192. The second-order valence-corrected chi connectivity index (χ2v) is 6.21. The van der Waals surface area contributed by atoms with Gasteiger partial charge in [0, 0.05) is 51.5 Å². The van der Waals surface area contributed by atoms with Crippen LogP contribution in [-0.2, 0) is 0 Å². The van der Waals surface area contributed by atoms with Crippen molar-refractivity contribution in [1.82, 2.24) is 9.80 Å². The largest absolute Gasteiger partial charge is 0.395 e. The Kier molecular flexibility index (Phi) is 39.2. The van der Waals surface area contributed by atoms with Gasteiger partial charge in [-0.2, -0.15) is 0 Å². The van der Waals surface area contributed by atoms with Crippen molar-refractivity contribution in [1.29, 1.82) is 0 Å². The Balaban J connectivity index is -0.000000150. The molecule has 0 radical (unpaired) electrons. The van der Waals surface area contributed by atoms with Gasteiger partial charge in [-0.05, 0) is 27.7 Å². The van der Waals surface area contributed by atoms with Gasteiger partial charge < -0.3 is 40.9 Å². The lowest BCUT2D eigenvalue weighted by atomic mass is 10.4. The molecule has 0 unspecified atom stereocenters. The minimum absolute atomic E-state index is 0.0694. The van der Waals surface area contributed by atoms with Gasteiger partial charge in [0.2, 0.25) is 0 Å². The van der Waals surface area contributed by atoms with Crippen LogP contribution in [0.25, 0.3) is 0 Å². The molecule has 0 rings (SSSR count). The predicted octanol–water partition coefficient (Wildman–Crippen LogP) is -2.70. The molecule has 0 aliphatic rings. The maximum atomic E-state index is 8.48. The van der Waals surface area contributed by atoms with E-state index in [4.69, 9.17) is 40.9 Å². The van der Waals surface area contributed by atoms with E-state index in [-0.39, 0.29) is 51.8 Å². The zero-order valence-corrected chi connectivity index (χ0v) is 18.1. The zero-order chi connectivity index (χ0) is 22.8. The minimum atomic E-state index is -0.167. The van der Waals surface area contributed by atoms with Gasteiger partial charge >= 0.3 is 0 Å². The normalized spacial score (nSPS) is 10.3. The Morgan fingerprint density at radius 1 is 0.429 bits per heavy atom. The minimum Gasteiger partial charge on any atom is -0.395 e. The summed E-state index contributed by atoms with van der Waals surface area (Å²) in [5.74, 6) is 0. The second-order valence-electron chi connectivity index (χ2n) is 6.21. The lowest BCUT2D eigenvalue weighted by Crippen LogP contribution is -2.32. The van der Waals surface area contributed by atoms with Crippen molar-refractivity contribution in [2.45, 2.75) is 39.9 Å². The van der Waals surface area contributed by atoms with Crippen molar-refractivity contribution in [2.24, 2.45) is 0 Å². The quantitative estimate of drug-likeness (QED) is 0.167. The van der Waals surface area contributed by atoms with Crippen LogP contribution >= 0.6 is 0 Å². The van der Waals surface area contributed by atoms with E-state index in [1.165, 1.54) is 0 Å². The van der Waals surface area contributed by atoms with Gasteiger partial charge in [0.15, 0.2) is 0 Å². The molecular weight excluding hydrogens is 372 g/mol. The van der Waals surface area contributed by atoms with Crippen molar-refractivity contribution >= 4 is 0 Å². The van der Waals surface area contributed by atoms with Gasteiger partial charge in [0.05, 0.1) is 39.6 Å². The summed E-state index contributed by atoms with van der Waals surface area (Å²) in [6, 6.07) is 0. The van der Waals surface area contributed by atoms with E-state index in [0.29, 0.717) is 39.3 Å². The zero-order valence-electron chi connectivity index (χ0n) is 18.1. The average molecular weight is 419 g/mol. The molecule has 0 fully saturated rings. The molecule has 0 saturated heterocycles. The molecule has 0 amide bonds. The number of aliphatic hydroxyl groups is 8. The van der Waals surface area contributed by atoms with Crippen LogP contribution in [0.15, 0.2) is 0 Å². The van der Waals surface area contributed by atoms with Gasteiger partial charge in [-0.3, -0.25) is 9.80 Å². The van der Waals surface area contributed by atoms with Crippen LogP contribution in [0, 0.1) is 0 Å². The van der Waals surface area contributed by atoms with Gasteiger partial charge in [0.1, 0.15) is 0 Å². The van der Waals surface area contributed by atoms with Crippen molar-refractivity contribution in [3.8, 4) is 0 Å². The fourth-order valence-corrected chi connectivity index (χ4v) is 1.52. The van der Waals surface area contributed by atoms with E-state index in [2.05, 4.69) is 0 Å². The number of rotatable bonds is 12. The maximum absolute atomic E-state index is 8.48. The number of nitrogens with zero attached hydrogens (tertiary/aromatic N) is 2. The first-order valence-corrected chi connectivity index (χ1v) is 9.62. The second kappa shape index (κ2) is 31.3. The molecule has 0 saturated carbocycles. The first-order chi connectivity index (χ1) is 13.2. The van der Waals surface area contributed by atoms with E-state index < -0.39 is 0 Å². The molecule has 8 N–H and O–H groups in total. The van der Waals surface area contributed by atoms with Crippen LogP contribution in [0.5, 0.6) is 0 Å². The topological polar surface area (TPSA) is 168 Å². The predicted molar refractivity (Wildman–Crippen MR) is 110 cm³/mol. The van der Waals surface area contributed by atoms with E-state index in [1.54, 1.807) is 37.5 Å². The van der Waals surface area contributed by atoms with E-state index in [9.17, 15) is 0 Å². The molecule has 0 aliphatic carbocycles. The van der Waals surface area contributed by atoms with Crippen LogP contribution in [0.2, 0.25) is 0 Å². The molecule has 0 aliphatic heterocycles. The fraction of sp³-hybridized carbons (Fsp3) is 1.00. The van der Waals surface area contributed by atoms with Crippen LogP contribution in [0.1, 0.15) is 27.7 Å². The van der Waals surface area contributed by atoms with Crippen LogP contribution in [0.4, 0.5) is 0 Å². The molecule has 0 aromatic heterocycles. The number of hydrogen-bond donors (Lipinski definition) is 8. The fourth-order valence-electron chi connectivity index (χ4n) is 1.52. The standard InChI is InChI=1S/2C6H15NO3.2C3H8O/c2*8-4-1-7(2-5-9)3-6-10;2*1-3(2)4/h2*8-10H,1-6H2;2*3-4H,1-2H3. The summed E-state index contributed by atoms with van der Waals surface area (Å²) in [5, 5.41) is 67.0. The molecule has 0 heterocycles. The molecule has 0 aromatic rings. The molecule has 10 nitrogen and oxygen atoms in total. The van der Waals surface area contributed by atoms with Crippen molar-refractivity contribution < 1.29 is 40.9 Å². The first-order valence-electron chi connectivity index (χ1n) is 9.62. The highest BCUT2D eigenvalue weighted by Crippen LogP contribution is 1.85. The van der Waals surface area contributed by atoms with Gasteiger partial charge in [0.25, 0.3) is 0 Å². The lowest BCUT2D eigenvalue weighted by molar-refractivity contribution is 0.136. The summed E-state index contributed by atoms with van der Waals surface area (Å²) in [6.07, 6.45) is -0.333. The average Bonchev–Trinajstić information content (AvgIpc) is 2.56. The van der Waals surface area contributed by atoms with E-state index >= 15 is 0 Å². The van der Waals surface area contributed by atoms with E-state index in [0.717, 1.165) is 0 Å².